The maximum atomic E-state index is 12.2. The maximum Gasteiger partial charge on any atom is 0.164 e. The Kier molecular flexibility index (Phi) is 13.4. The van der Waals surface area contributed by atoms with Gasteiger partial charge in [0.2, 0.25) is 0 Å². The molecule has 8 heteroatoms. The molecule has 0 aliphatic rings. The summed E-state index contributed by atoms with van der Waals surface area (Å²) in [6.07, 6.45) is 7.58. The van der Waals surface area contributed by atoms with Gasteiger partial charge in [-0.05, 0) is 77.5 Å². The summed E-state index contributed by atoms with van der Waals surface area (Å²) in [6, 6.07) is 12.8. The zero-order valence-electron chi connectivity index (χ0n) is 33.0. The van der Waals surface area contributed by atoms with E-state index >= 15 is 0 Å². The van der Waals surface area contributed by atoms with E-state index in [0.29, 0.717) is 5.92 Å². The second-order valence-electron chi connectivity index (χ2n) is 16.0. The number of hydrogen-bond acceptors (Lipinski definition) is 7. The smallest absolute Gasteiger partial charge is 0.164 e. The molecule has 0 unspecified atom stereocenters. The van der Waals surface area contributed by atoms with Crippen molar-refractivity contribution in [3.63, 3.8) is 0 Å². The molecule has 6 aromatic rings. The van der Waals surface area contributed by atoms with Gasteiger partial charge < -0.3 is 5.11 Å². The van der Waals surface area contributed by atoms with Crippen LogP contribution < -0.4 is 0 Å². The molecule has 0 saturated heterocycles. The summed E-state index contributed by atoms with van der Waals surface area (Å²) < 4.78 is 3.99. The molecule has 6 rings (SSSR count). The standard InChI is InChI=1S/C29H27N2S3.C15H28O2.Ir/c1-15(2)11-20-16(3)33-27-19(20)7-8-22-23(27)24-25(30-14-31-28(24)34-22)18-12-17-9-10-32-26(17)21(13-18)29(4,5)6;1-7-14(5,8-2)12(16)11-13(17)15(6,9-3)10-4;/h7-10,13-15H,11H2,1-6H3;11,16H,7-10H2,1-6H3;/q-1;;/b;12-11-;. The van der Waals surface area contributed by atoms with Gasteiger partial charge in [0.1, 0.15) is 16.9 Å². The van der Waals surface area contributed by atoms with Crippen molar-refractivity contribution in [2.75, 3.05) is 0 Å². The molecule has 4 aromatic heterocycles. The number of carbonyl (C=O) groups is 1. The monoisotopic (exact) mass is 932 g/mol. The maximum absolute atomic E-state index is 12.2. The predicted octanol–water partition coefficient (Wildman–Crippen LogP) is 14.2. The first-order chi connectivity index (χ1) is 24.0. The van der Waals surface area contributed by atoms with Crippen LogP contribution >= 0.6 is 34.0 Å². The Morgan fingerprint density at radius 2 is 1.56 bits per heavy atom. The van der Waals surface area contributed by atoms with Gasteiger partial charge in [-0.3, -0.25) is 9.78 Å². The number of carbonyl (C=O) groups excluding carboxylic acids is 1. The van der Waals surface area contributed by atoms with Crippen LogP contribution in [0.5, 0.6) is 0 Å². The Morgan fingerprint density at radius 1 is 0.904 bits per heavy atom. The van der Waals surface area contributed by atoms with Gasteiger partial charge in [0, 0.05) is 67.8 Å². The van der Waals surface area contributed by atoms with Gasteiger partial charge in [-0.1, -0.05) is 93.4 Å². The Hall–Kier alpha value is -2.48. The van der Waals surface area contributed by atoms with E-state index in [1.165, 1.54) is 57.7 Å². The van der Waals surface area contributed by atoms with Gasteiger partial charge in [0.25, 0.3) is 0 Å². The minimum absolute atomic E-state index is 0. The molecular formula is C44H55IrN2O2S3-. The first-order valence-electron chi connectivity index (χ1n) is 18.5. The Balaban J connectivity index is 0.000000289. The largest absolute Gasteiger partial charge is 0.512 e. The molecule has 0 spiro atoms. The Bertz CT molecular complexity index is 2220. The zero-order chi connectivity index (χ0) is 37.5. The van der Waals surface area contributed by atoms with Gasteiger partial charge in [0.15, 0.2) is 5.78 Å². The van der Waals surface area contributed by atoms with Crippen molar-refractivity contribution in [2.24, 2.45) is 16.7 Å². The van der Waals surface area contributed by atoms with Crippen molar-refractivity contribution in [1.29, 1.82) is 0 Å². The van der Waals surface area contributed by atoms with E-state index in [4.69, 9.17) is 9.97 Å². The van der Waals surface area contributed by atoms with Crippen LogP contribution in [0.25, 0.3) is 51.7 Å². The number of allylic oxidation sites excluding steroid dienone is 2. The van der Waals surface area contributed by atoms with Crippen molar-refractivity contribution in [2.45, 2.75) is 121 Å². The SMILES string of the molecule is CCC(C)(CC)C(=O)/C=C(\O)C(C)(CC)CC.Cc1sc2c(ccc3sc4ncnc(-c5[c-]c6ccsc6c(C(C)(C)C)c5)c4c32)c1CC(C)C.[Ir]. The predicted molar refractivity (Wildman–Crippen MR) is 225 cm³/mol. The number of benzene rings is 2. The van der Waals surface area contributed by atoms with Crippen molar-refractivity contribution >= 4 is 80.3 Å². The molecule has 0 amide bonds. The summed E-state index contributed by atoms with van der Waals surface area (Å²) >= 11 is 5.50. The second-order valence-corrected chi connectivity index (χ2v) is 19.2. The van der Waals surface area contributed by atoms with Gasteiger partial charge in [-0.15, -0.1) is 46.3 Å². The van der Waals surface area contributed by atoms with E-state index in [2.05, 4.69) is 77.3 Å². The van der Waals surface area contributed by atoms with Crippen molar-refractivity contribution in [1.82, 2.24) is 9.97 Å². The summed E-state index contributed by atoms with van der Waals surface area (Å²) in [5, 5.41) is 17.4. The summed E-state index contributed by atoms with van der Waals surface area (Å²) in [6.45, 7) is 25.8. The molecular weight excluding hydrogens is 877 g/mol. The van der Waals surface area contributed by atoms with Crippen molar-refractivity contribution in [3.8, 4) is 11.3 Å². The molecule has 2 aromatic carbocycles. The number of aryl methyl sites for hydroxylation is 1. The molecule has 281 valence electrons. The average molecular weight is 932 g/mol. The van der Waals surface area contributed by atoms with E-state index < -0.39 is 0 Å². The number of nitrogens with zero attached hydrogens (tertiary/aromatic N) is 2. The fraction of sp³-hybridized carbons (Fsp3) is 0.477. The number of rotatable bonds is 10. The number of ketones is 1. The van der Waals surface area contributed by atoms with Crippen LogP contribution in [0.15, 0.2) is 47.8 Å². The molecule has 0 fully saturated rings. The molecule has 1 radical (unpaired) electrons. The normalized spacial score (nSPS) is 12.9. The number of aliphatic hydroxyl groups is 1. The number of aliphatic hydroxyl groups excluding tert-OH is 1. The van der Waals surface area contributed by atoms with Crippen molar-refractivity contribution < 1.29 is 30.0 Å². The number of aromatic nitrogens is 2. The molecule has 4 heterocycles. The summed E-state index contributed by atoms with van der Waals surface area (Å²) in [5.74, 6) is 0.918. The first kappa shape index (κ1) is 42.3. The molecule has 4 nitrogen and oxygen atoms in total. The molecule has 0 aliphatic carbocycles. The summed E-state index contributed by atoms with van der Waals surface area (Å²) in [4.78, 5) is 24.2. The minimum Gasteiger partial charge on any atom is -0.512 e. The topological polar surface area (TPSA) is 63.1 Å². The third-order valence-corrected chi connectivity index (χ3v) is 14.3. The van der Waals surface area contributed by atoms with Crippen LogP contribution in [-0.2, 0) is 36.7 Å². The third-order valence-electron chi connectivity index (χ3n) is 11.1. The third kappa shape index (κ3) is 8.12. The number of thiophene rings is 3. The van der Waals surface area contributed by atoms with E-state index in [0.717, 1.165) is 48.2 Å². The fourth-order valence-corrected chi connectivity index (χ4v) is 10.1. The minimum atomic E-state index is -0.337. The van der Waals surface area contributed by atoms with E-state index in [-0.39, 0.29) is 47.9 Å². The fourth-order valence-electron chi connectivity index (χ4n) is 6.65. The number of hydrogen-bond donors (Lipinski definition) is 1. The summed E-state index contributed by atoms with van der Waals surface area (Å²) in [5.41, 5.74) is 4.35. The quantitative estimate of drug-likeness (QED) is 0.0844. The van der Waals surface area contributed by atoms with Gasteiger partial charge in [0.05, 0.1) is 0 Å². The van der Waals surface area contributed by atoms with E-state index in [1.807, 2.05) is 52.9 Å². The van der Waals surface area contributed by atoms with Gasteiger partial charge >= 0.3 is 0 Å². The van der Waals surface area contributed by atoms with Crippen LogP contribution in [0.2, 0.25) is 0 Å². The van der Waals surface area contributed by atoms with Crippen LogP contribution in [0.1, 0.15) is 118 Å². The average Bonchev–Trinajstić information content (AvgIpc) is 3.81. The molecule has 0 saturated carbocycles. The van der Waals surface area contributed by atoms with Crippen LogP contribution in [0.3, 0.4) is 0 Å². The van der Waals surface area contributed by atoms with Crippen LogP contribution in [0.4, 0.5) is 0 Å². The summed E-state index contributed by atoms with van der Waals surface area (Å²) in [7, 11) is 0. The molecule has 0 bridgehead atoms. The first-order valence-corrected chi connectivity index (χ1v) is 21.0. The van der Waals surface area contributed by atoms with Gasteiger partial charge in [-0.25, -0.2) is 4.98 Å². The van der Waals surface area contributed by atoms with Crippen LogP contribution in [0, 0.1) is 29.7 Å². The zero-order valence-corrected chi connectivity index (χ0v) is 37.8. The Morgan fingerprint density at radius 3 is 2.15 bits per heavy atom. The molecule has 52 heavy (non-hydrogen) atoms. The number of fused-ring (bicyclic) bond motifs is 6. The van der Waals surface area contributed by atoms with Gasteiger partial charge in [-0.2, -0.15) is 11.3 Å². The Labute approximate surface area is 336 Å². The van der Waals surface area contributed by atoms with E-state index in [1.54, 1.807) is 29.0 Å². The van der Waals surface area contributed by atoms with E-state index in [9.17, 15) is 9.90 Å². The molecule has 1 N–H and O–H groups in total. The van der Waals surface area contributed by atoms with Crippen LogP contribution in [-0.4, -0.2) is 20.9 Å². The second kappa shape index (κ2) is 16.5. The molecule has 0 atom stereocenters. The van der Waals surface area contributed by atoms with Crippen molar-refractivity contribution in [3.05, 3.63) is 69.9 Å². The molecule has 0 aliphatic heterocycles.